The molecule has 0 spiro atoms. The first kappa shape index (κ1) is 10.3. The Balaban J connectivity index is 0. The second-order valence-electron chi connectivity index (χ2n) is 0.799. The van der Waals surface area contributed by atoms with Crippen LogP contribution in [-0.2, 0) is 17.1 Å². The van der Waals surface area contributed by atoms with Gasteiger partial charge in [-0.25, -0.2) is 4.39 Å². The van der Waals surface area contributed by atoms with E-state index in [1.165, 1.54) is 0 Å². The van der Waals surface area contributed by atoms with Gasteiger partial charge in [-0.15, -0.1) is 0 Å². The van der Waals surface area contributed by atoms with Crippen LogP contribution in [0.5, 0.6) is 0 Å². The predicted molar refractivity (Wildman–Crippen MR) is 13.1 cm³/mol. The first-order chi connectivity index (χ1) is 2.56. The molecule has 0 aliphatic heterocycles. The summed E-state index contributed by atoms with van der Waals surface area (Å²) in [5.41, 5.74) is 0. The third kappa shape index (κ3) is 10.7. The van der Waals surface area contributed by atoms with Crippen molar-refractivity contribution in [2.75, 3.05) is 6.67 Å². The quantitative estimate of drug-likeness (QED) is 0.560. The minimum atomic E-state index is -4.12. The summed E-state index contributed by atoms with van der Waals surface area (Å²) in [7, 11) is 0. The van der Waals surface area contributed by atoms with E-state index < -0.39 is 12.8 Å². The number of halogens is 3. The minimum absolute atomic E-state index is 0. The Morgan fingerprint density at radius 3 is 1.57 bits per heavy atom. The van der Waals surface area contributed by atoms with Gasteiger partial charge in [-0.3, -0.25) is 0 Å². The van der Waals surface area contributed by atoms with Crippen LogP contribution in [0.15, 0.2) is 0 Å². The van der Waals surface area contributed by atoms with E-state index in [4.69, 9.17) is 5.11 Å². The van der Waals surface area contributed by atoms with Crippen LogP contribution in [0.4, 0.5) is 13.2 Å². The molecule has 1 N–H and O–H groups in total. The first-order valence-electron chi connectivity index (χ1n) is 1.22. The van der Waals surface area contributed by atoms with E-state index in [0.29, 0.717) is 0 Å². The van der Waals surface area contributed by atoms with Crippen molar-refractivity contribution < 1.29 is 35.3 Å². The maximum Gasteiger partial charge on any atom is 0.381 e. The average Bonchev–Trinajstić information content (AvgIpc) is 1.35. The normalized spacial score (nSPS) is 10.3. The van der Waals surface area contributed by atoms with Crippen molar-refractivity contribution in [3.8, 4) is 0 Å². The maximum absolute atomic E-state index is 10.6. The summed E-state index contributed by atoms with van der Waals surface area (Å²) in [4.78, 5) is 0. The molecule has 0 saturated heterocycles. The maximum atomic E-state index is 10.6. The van der Waals surface area contributed by atoms with Crippen LogP contribution in [0.2, 0.25) is 0 Å². The van der Waals surface area contributed by atoms with Crippen LogP contribution >= 0.6 is 0 Å². The molecular weight excluding hydrogens is 161 g/mol. The fourth-order valence-electron chi connectivity index (χ4n) is 0. The largest absolute Gasteiger partial charge is 0.381 e. The first-order valence-corrected chi connectivity index (χ1v) is 1.22. The van der Waals surface area contributed by atoms with Crippen LogP contribution in [0.25, 0.3) is 0 Å². The minimum Gasteiger partial charge on any atom is -0.334 e. The van der Waals surface area contributed by atoms with Crippen LogP contribution in [0, 0.1) is 0 Å². The Labute approximate surface area is 49.0 Å². The van der Waals surface area contributed by atoms with Crippen molar-refractivity contribution in [2.45, 2.75) is 6.11 Å². The van der Waals surface area contributed by atoms with Gasteiger partial charge < -0.3 is 5.11 Å². The number of aliphatic hydroxyl groups is 1. The number of hydrogen-bond acceptors (Lipinski definition) is 1. The molecule has 0 amide bonds. The van der Waals surface area contributed by atoms with Gasteiger partial charge in [-0.05, 0) is 0 Å². The third-order valence-corrected chi connectivity index (χ3v) is 0.161. The summed E-state index contributed by atoms with van der Waals surface area (Å²) in [6.45, 7) is -2.01. The zero-order valence-corrected chi connectivity index (χ0v) is 4.03. The van der Waals surface area contributed by atoms with E-state index in [9.17, 15) is 13.2 Å². The average molecular weight is 164 g/mol. The van der Waals surface area contributed by atoms with E-state index in [1.807, 2.05) is 0 Å². The molecule has 0 aliphatic rings. The summed E-state index contributed by atoms with van der Waals surface area (Å²) >= 11 is 0. The summed E-state index contributed by atoms with van der Waals surface area (Å²) in [6.07, 6.45) is -4.12. The van der Waals surface area contributed by atoms with Crippen molar-refractivity contribution >= 4 is 0 Å². The van der Waals surface area contributed by atoms with Crippen molar-refractivity contribution in [2.24, 2.45) is 0 Å². The zero-order valence-electron chi connectivity index (χ0n) is 3.09. The smallest absolute Gasteiger partial charge is 0.334 e. The SMILES string of the molecule is OC(F)(F)CF.[Cu]. The van der Waals surface area contributed by atoms with Gasteiger partial charge >= 0.3 is 6.11 Å². The molecule has 1 nitrogen and oxygen atoms in total. The van der Waals surface area contributed by atoms with Gasteiger partial charge in [0.1, 0.15) is 0 Å². The monoisotopic (exact) mass is 163 g/mol. The predicted octanol–water partition coefficient (Wildman–Crippen LogP) is 0.539. The number of alkyl halides is 3. The van der Waals surface area contributed by atoms with Gasteiger partial charge in [0.15, 0.2) is 6.67 Å². The molecule has 0 atom stereocenters. The Kier molecular flexibility index (Phi) is 4.84. The van der Waals surface area contributed by atoms with E-state index in [0.717, 1.165) is 0 Å². The fraction of sp³-hybridized carbons (Fsp3) is 1.00. The second-order valence-corrected chi connectivity index (χ2v) is 0.799. The molecule has 7 heavy (non-hydrogen) atoms. The topological polar surface area (TPSA) is 20.2 Å². The van der Waals surface area contributed by atoms with Crippen LogP contribution in [0.3, 0.4) is 0 Å². The molecule has 0 fully saturated rings. The molecule has 49 valence electrons. The number of rotatable bonds is 1. The van der Waals surface area contributed by atoms with Gasteiger partial charge in [0.05, 0.1) is 0 Å². The Hall–Kier alpha value is 0.269. The molecule has 0 aliphatic carbocycles. The Morgan fingerprint density at radius 1 is 1.43 bits per heavy atom. The van der Waals surface area contributed by atoms with Crippen molar-refractivity contribution in [1.82, 2.24) is 0 Å². The molecule has 0 heterocycles. The van der Waals surface area contributed by atoms with Gasteiger partial charge in [-0.2, -0.15) is 8.78 Å². The van der Waals surface area contributed by atoms with Crippen molar-refractivity contribution in [1.29, 1.82) is 0 Å². The molecular formula is C2H3CuF3O. The van der Waals surface area contributed by atoms with Crippen LogP contribution in [0.1, 0.15) is 0 Å². The second kappa shape index (κ2) is 3.29. The van der Waals surface area contributed by atoms with Crippen molar-refractivity contribution in [3.63, 3.8) is 0 Å². The van der Waals surface area contributed by atoms with Gasteiger partial charge in [0, 0.05) is 17.1 Å². The zero-order chi connectivity index (χ0) is 5.21. The van der Waals surface area contributed by atoms with E-state index in [1.54, 1.807) is 0 Å². The number of hydrogen-bond donors (Lipinski definition) is 1. The molecule has 0 aromatic rings. The molecule has 0 bridgehead atoms. The summed E-state index contributed by atoms with van der Waals surface area (Å²) < 4.78 is 31.8. The molecule has 0 unspecified atom stereocenters. The molecule has 5 heteroatoms. The summed E-state index contributed by atoms with van der Waals surface area (Å²) in [5, 5.41) is 7.12. The third-order valence-electron chi connectivity index (χ3n) is 0.161. The van der Waals surface area contributed by atoms with E-state index in [2.05, 4.69) is 0 Å². The molecule has 0 aromatic carbocycles. The van der Waals surface area contributed by atoms with Gasteiger partial charge in [0.25, 0.3) is 0 Å². The molecule has 1 radical (unpaired) electrons. The molecule has 0 saturated carbocycles. The van der Waals surface area contributed by atoms with E-state index in [-0.39, 0.29) is 17.1 Å². The molecule has 0 rings (SSSR count). The fourth-order valence-corrected chi connectivity index (χ4v) is 0. The van der Waals surface area contributed by atoms with Crippen molar-refractivity contribution in [3.05, 3.63) is 0 Å². The summed E-state index contributed by atoms with van der Waals surface area (Å²) in [6, 6.07) is 0. The van der Waals surface area contributed by atoms with Crippen LogP contribution < -0.4 is 0 Å². The molecule has 0 aromatic heterocycles. The standard InChI is InChI=1S/C2H3F3O.Cu/c3-1-2(4,5)6;/h6H,1H2;. The summed E-state index contributed by atoms with van der Waals surface area (Å²) in [5.74, 6) is 0. The Bertz CT molecular complexity index is 42.7. The van der Waals surface area contributed by atoms with E-state index >= 15 is 0 Å². The Morgan fingerprint density at radius 2 is 1.57 bits per heavy atom. The van der Waals surface area contributed by atoms with Gasteiger partial charge in [-0.1, -0.05) is 0 Å². The van der Waals surface area contributed by atoms with Crippen LogP contribution in [-0.4, -0.2) is 17.9 Å². The van der Waals surface area contributed by atoms with Gasteiger partial charge in [0.2, 0.25) is 0 Å².